The summed E-state index contributed by atoms with van der Waals surface area (Å²) < 4.78 is 0. The van der Waals surface area contributed by atoms with E-state index in [9.17, 15) is 5.11 Å². The SMILES string of the molecule is CCC1CCC(O)CC1N1CCC(C)(C)C1. The van der Waals surface area contributed by atoms with Gasteiger partial charge in [-0.05, 0) is 43.6 Å². The van der Waals surface area contributed by atoms with Gasteiger partial charge in [0.05, 0.1) is 6.10 Å². The first kappa shape index (κ1) is 12.4. The van der Waals surface area contributed by atoms with Crippen LogP contribution in [0.25, 0.3) is 0 Å². The Kier molecular flexibility index (Phi) is 3.60. The van der Waals surface area contributed by atoms with Crippen LogP contribution < -0.4 is 0 Å². The smallest absolute Gasteiger partial charge is 0.0555 e. The van der Waals surface area contributed by atoms with Gasteiger partial charge in [-0.15, -0.1) is 0 Å². The molecule has 0 amide bonds. The molecule has 1 heterocycles. The Labute approximate surface area is 100 Å². The Hall–Kier alpha value is -0.0800. The third-order valence-electron chi connectivity index (χ3n) is 4.63. The first-order valence-corrected chi connectivity index (χ1v) is 6.94. The normalized spacial score (nSPS) is 40.1. The molecule has 1 aliphatic carbocycles. The van der Waals surface area contributed by atoms with Gasteiger partial charge in [0, 0.05) is 12.6 Å². The summed E-state index contributed by atoms with van der Waals surface area (Å²) in [6, 6.07) is 0.649. The molecule has 3 unspecified atom stereocenters. The minimum absolute atomic E-state index is 0.0449. The van der Waals surface area contributed by atoms with Gasteiger partial charge in [0.2, 0.25) is 0 Å². The lowest BCUT2D eigenvalue weighted by molar-refractivity contribution is 0.0319. The second-order valence-corrected chi connectivity index (χ2v) is 6.59. The van der Waals surface area contributed by atoms with Crippen molar-refractivity contribution in [3.8, 4) is 0 Å². The summed E-state index contributed by atoms with van der Waals surface area (Å²) in [6.45, 7) is 9.50. The zero-order valence-electron chi connectivity index (χ0n) is 11.1. The van der Waals surface area contributed by atoms with Crippen LogP contribution in [0, 0.1) is 11.3 Å². The summed E-state index contributed by atoms with van der Waals surface area (Å²) in [6.07, 6.45) is 5.79. The molecule has 2 aliphatic rings. The van der Waals surface area contributed by atoms with Crippen LogP contribution in [0.3, 0.4) is 0 Å². The van der Waals surface area contributed by atoms with Crippen molar-refractivity contribution in [3.05, 3.63) is 0 Å². The monoisotopic (exact) mass is 225 g/mol. The fraction of sp³-hybridized carbons (Fsp3) is 1.00. The van der Waals surface area contributed by atoms with Gasteiger partial charge in [-0.1, -0.05) is 27.2 Å². The molecule has 0 aromatic heterocycles. The van der Waals surface area contributed by atoms with Crippen LogP contribution in [-0.2, 0) is 0 Å². The average Bonchev–Trinajstić information content (AvgIpc) is 2.59. The molecule has 2 fully saturated rings. The fourth-order valence-electron chi connectivity index (χ4n) is 3.55. The maximum atomic E-state index is 9.86. The van der Waals surface area contributed by atoms with Gasteiger partial charge < -0.3 is 5.11 Å². The molecule has 0 bridgehead atoms. The third-order valence-corrected chi connectivity index (χ3v) is 4.63. The largest absolute Gasteiger partial charge is 0.393 e. The van der Waals surface area contributed by atoms with Crippen molar-refractivity contribution in [3.63, 3.8) is 0 Å². The molecule has 0 aromatic rings. The molecule has 1 saturated heterocycles. The summed E-state index contributed by atoms with van der Waals surface area (Å²) in [4.78, 5) is 2.65. The van der Waals surface area contributed by atoms with Gasteiger partial charge in [0.25, 0.3) is 0 Å². The van der Waals surface area contributed by atoms with Crippen LogP contribution in [0.5, 0.6) is 0 Å². The number of rotatable bonds is 2. The lowest BCUT2D eigenvalue weighted by atomic mass is 9.80. The number of likely N-dealkylation sites (tertiary alicyclic amines) is 1. The topological polar surface area (TPSA) is 23.5 Å². The molecular formula is C14H27NO. The highest BCUT2D eigenvalue weighted by Crippen LogP contribution is 2.37. The van der Waals surface area contributed by atoms with Gasteiger partial charge in [0.15, 0.2) is 0 Å². The Morgan fingerprint density at radius 3 is 2.62 bits per heavy atom. The van der Waals surface area contributed by atoms with Crippen molar-refractivity contribution in [2.45, 2.75) is 65.0 Å². The molecule has 1 N–H and O–H groups in total. The molecule has 94 valence electrons. The van der Waals surface area contributed by atoms with Gasteiger partial charge in [-0.2, -0.15) is 0 Å². The molecular weight excluding hydrogens is 198 g/mol. The Morgan fingerprint density at radius 2 is 2.06 bits per heavy atom. The molecule has 16 heavy (non-hydrogen) atoms. The summed E-state index contributed by atoms with van der Waals surface area (Å²) in [5, 5.41) is 9.86. The van der Waals surface area contributed by atoms with Crippen LogP contribution >= 0.6 is 0 Å². The fourth-order valence-corrected chi connectivity index (χ4v) is 3.55. The summed E-state index contributed by atoms with van der Waals surface area (Å²) in [5.74, 6) is 0.817. The highest BCUT2D eigenvalue weighted by atomic mass is 16.3. The van der Waals surface area contributed by atoms with Crippen molar-refractivity contribution < 1.29 is 5.11 Å². The van der Waals surface area contributed by atoms with Gasteiger partial charge in [-0.3, -0.25) is 4.90 Å². The van der Waals surface area contributed by atoms with Crippen LogP contribution in [0.15, 0.2) is 0 Å². The standard InChI is InChI=1S/C14H27NO/c1-4-11-5-6-12(16)9-13(11)15-8-7-14(2,3)10-15/h11-13,16H,4-10H2,1-3H3. The quantitative estimate of drug-likeness (QED) is 0.781. The molecule has 1 saturated carbocycles. The van der Waals surface area contributed by atoms with Crippen molar-refractivity contribution in [2.75, 3.05) is 13.1 Å². The predicted octanol–water partition coefficient (Wildman–Crippen LogP) is 2.66. The van der Waals surface area contributed by atoms with Crippen LogP contribution in [0.4, 0.5) is 0 Å². The molecule has 0 spiro atoms. The van der Waals surface area contributed by atoms with E-state index < -0.39 is 0 Å². The van der Waals surface area contributed by atoms with E-state index >= 15 is 0 Å². The van der Waals surface area contributed by atoms with Crippen molar-refractivity contribution >= 4 is 0 Å². The highest BCUT2D eigenvalue weighted by molar-refractivity contribution is 4.92. The van der Waals surface area contributed by atoms with E-state index in [0.717, 1.165) is 18.8 Å². The Balaban J connectivity index is 2.00. The zero-order chi connectivity index (χ0) is 11.8. The minimum Gasteiger partial charge on any atom is -0.393 e. The number of hydrogen-bond donors (Lipinski definition) is 1. The number of nitrogens with zero attached hydrogens (tertiary/aromatic N) is 1. The molecule has 2 rings (SSSR count). The van der Waals surface area contributed by atoms with Crippen molar-refractivity contribution in [1.82, 2.24) is 4.90 Å². The average molecular weight is 225 g/mol. The lowest BCUT2D eigenvalue weighted by Crippen LogP contribution is -2.45. The zero-order valence-corrected chi connectivity index (χ0v) is 11.1. The predicted molar refractivity (Wildman–Crippen MR) is 67.4 cm³/mol. The van der Waals surface area contributed by atoms with E-state index in [4.69, 9.17) is 0 Å². The summed E-state index contributed by atoms with van der Waals surface area (Å²) in [5.41, 5.74) is 0.487. The molecule has 3 atom stereocenters. The van der Waals surface area contributed by atoms with Crippen molar-refractivity contribution in [1.29, 1.82) is 0 Å². The van der Waals surface area contributed by atoms with E-state index in [-0.39, 0.29) is 6.10 Å². The van der Waals surface area contributed by atoms with Crippen LogP contribution in [0.1, 0.15) is 52.9 Å². The number of hydrogen-bond acceptors (Lipinski definition) is 2. The Bertz CT molecular complexity index is 239. The first-order chi connectivity index (χ1) is 7.52. The first-order valence-electron chi connectivity index (χ1n) is 6.94. The molecule has 0 aromatic carbocycles. The molecule has 2 nitrogen and oxygen atoms in total. The van der Waals surface area contributed by atoms with Crippen molar-refractivity contribution in [2.24, 2.45) is 11.3 Å². The second-order valence-electron chi connectivity index (χ2n) is 6.59. The summed E-state index contributed by atoms with van der Waals surface area (Å²) >= 11 is 0. The van der Waals surface area contributed by atoms with E-state index in [1.54, 1.807) is 0 Å². The third kappa shape index (κ3) is 2.60. The van der Waals surface area contributed by atoms with Crippen LogP contribution in [-0.4, -0.2) is 35.2 Å². The number of aliphatic hydroxyl groups excluding tert-OH is 1. The van der Waals surface area contributed by atoms with Gasteiger partial charge in [0.1, 0.15) is 0 Å². The highest BCUT2D eigenvalue weighted by Gasteiger charge is 2.38. The van der Waals surface area contributed by atoms with E-state index in [1.165, 1.54) is 32.4 Å². The van der Waals surface area contributed by atoms with E-state index in [2.05, 4.69) is 25.7 Å². The molecule has 1 aliphatic heterocycles. The minimum atomic E-state index is -0.0449. The van der Waals surface area contributed by atoms with E-state index in [0.29, 0.717) is 11.5 Å². The maximum absolute atomic E-state index is 9.86. The van der Waals surface area contributed by atoms with Crippen LogP contribution in [0.2, 0.25) is 0 Å². The second kappa shape index (κ2) is 4.66. The molecule has 2 heteroatoms. The van der Waals surface area contributed by atoms with Gasteiger partial charge in [-0.25, -0.2) is 0 Å². The number of aliphatic hydroxyl groups is 1. The lowest BCUT2D eigenvalue weighted by Gasteiger charge is -2.40. The maximum Gasteiger partial charge on any atom is 0.0555 e. The van der Waals surface area contributed by atoms with E-state index in [1.807, 2.05) is 0 Å². The Morgan fingerprint density at radius 1 is 1.31 bits per heavy atom. The van der Waals surface area contributed by atoms with Gasteiger partial charge >= 0.3 is 0 Å². The molecule has 0 radical (unpaired) electrons. The summed E-state index contributed by atoms with van der Waals surface area (Å²) in [7, 11) is 0.